The Kier molecular flexibility index (Phi) is 4.06. The van der Waals surface area contributed by atoms with Gasteiger partial charge in [0.25, 0.3) is 0 Å². The topological polar surface area (TPSA) is 47.1 Å². The third-order valence-corrected chi connectivity index (χ3v) is 5.14. The number of hydrogen-bond acceptors (Lipinski definition) is 3. The summed E-state index contributed by atoms with van der Waals surface area (Å²) >= 11 is 0. The van der Waals surface area contributed by atoms with Crippen LogP contribution in [-0.4, -0.2) is 34.8 Å². The molecule has 1 aliphatic heterocycles. The molecule has 4 nitrogen and oxygen atoms in total. The summed E-state index contributed by atoms with van der Waals surface area (Å²) in [6.07, 6.45) is 4.60. The molecule has 2 heterocycles. The van der Waals surface area contributed by atoms with E-state index in [1.54, 1.807) is 0 Å². The summed E-state index contributed by atoms with van der Waals surface area (Å²) in [5.41, 5.74) is 10.7. The van der Waals surface area contributed by atoms with Crippen LogP contribution in [0.3, 0.4) is 0 Å². The summed E-state index contributed by atoms with van der Waals surface area (Å²) in [6, 6.07) is 14.8. The highest BCUT2D eigenvalue weighted by molar-refractivity contribution is 5.89. The Labute approximate surface area is 148 Å². The fraction of sp³-hybridized carbons (Fsp3) is 0.286. The van der Waals surface area contributed by atoms with Crippen LogP contribution in [0.25, 0.3) is 22.3 Å². The van der Waals surface area contributed by atoms with Gasteiger partial charge in [0.05, 0.1) is 5.69 Å². The molecule has 0 spiro atoms. The normalized spacial score (nSPS) is 18.5. The fourth-order valence-corrected chi connectivity index (χ4v) is 3.77. The number of nitrogens with two attached hydrogens (primary N) is 1. The van der Waals surface area contributed by atoms with Crippen LogP contribution in [-0.2, 0) is 0 Å². The smallest absolute Gasteiger partial charge is 0.102 e. The van der Waals surface area contributed by atoms with E-state index in [9.17, 15) is 0 Å². The van der Waals surface area contributed by atoms with Crippen molar-refractivity contribution in [1.82, 2.24) is 14.7 Å². The number of nitrogens with zero attached hydrogens (tertiary/aromatic N) is 3. The Morgan fingerprint density at radius 3 is 2.72 bits per heavy atom. The molecule has 0 radical (unpaired) electrons. The van der Waals surface area contributed by atoms with Gasteiger partial charge in [-0.1, -0.05) is 36.9 Å². The highest BCUT2D eigenvalue weighted by Crippen LogP contribution is 2.27. The van der Waals surface area contributed by atoms with Crippen molar-refractivity contribution in [2.45, 2.75) is 18.8 Å². The van der Waals surface area contributed by atoms with E-state index in [-0.39, 0.29) is 0 Å². The van der Waals surface area contributed by atoms with Crippen LogP contribution in [0.1, 0.15) is 29.9 Å². The lowest BCUT2D eigenvalue weighted by Gasteiger charge is -2.30. The summed E-state index contributed by atoms with van der Waals surface area (Å²) in [5.74, 6) is 0.636. The molecular weight excluding hydrogens is 308 g/mol. The van der Waals surface area contributed by atoms with Gasteiger partial charge in [-0.3, -0.25) is 0 Å². The number of fused-ring (bicyclic) bond motifs is 1. The van der Waals surface area contributed by atoms with Crippen LogP contribution in [0.4, 0.5) is 0 Å². The molecule has 0 amide bonds. The Hall–Kier alpha value is -2.59. The lowest BCUT2D eigenvalue weighted by Crippen LogP contribution is -2.30. The molecule has 0 bridgehead atoms. The van der Waals surface area contributed by atoms with Crippen LogP contribution in [0.5, 0.6) is 0 Å². The minimum Gasteiger partial charge on any atom is -0.399 e. The quantitative estimate of drug-likeness (QED) is 0.794. The van der Waals surface area contributed by atoms with E-state index in [1.807, 2.05) is 23.0 Å². The van der Waals surface area contributed by atoms with Crippen LogP contribution in [0, 0.1) is 0 Å². The van der Waals surface area contributed by atoms with Gasteiger partial charge in [0, 0.05) is 29.4 Å². The summed E-state index contributed by atoms with van der Waals surface area (Å²) < 4.78 is 1.92. The maximum atomic E-state index is 5.89. The molecule has 4 heteroatoms. The van der Waals surface area contributed by atoms with Gasteiger partial charge in [-0.2, -0.15) is 5.10 Å². The maximum absolute atomic E-state index is 5.89. The average Bonchev–Trinajstić information content (AvgIpc) is 3.06. The first-order valence-corrected chi connectivity index (χ1v) is 8.84. The Morgan fingerprint density at radius 1 is 1.20 bits per heavy atom. The lowest BCUT2D eigenvalue weighted by atomic mass is 9.91. The second-order valence-corrected chi connectivity index (χ2v) is 7.04. The van der Waals surface area contributed by atoms with Crippen molar-refractivity contribution in [3.63, 3.8) is 0 Å². The fourth-order valence-electron chi connectivity index (χ4n) is 3.77. The predicted octanol–water partition coefficient (Wildman–Crippen LogP) is 3.76. The van der Waals surface area contributed by atoms with E-state index in [2.05, 4.69) is 48.9 Å². The number of aromatic nitrogens is 2. The zero-order chi connectivity index (χ0) is 17.4. The molecule has 0 aliphatic carbocycles. The summed E-state index contributed by atoms with van der Waals surface area (Å²) in [7, 11) is 2.21. The molecule has 2 N–H and O–H groups in total. The summed E-state index contributed by atoms with van der Waals surface area (Å²) in [4.78, 5) is 2.42. The van der Waals surface area contributed by atoms with Crippen molar-refractivity contribution in [2.24, 2.45) is 5.73 Å². The summed E-state index contributed by atoms with van der Waals surface area (Å²) in [6.45, 7) is 6.21. The van der Waals surface area contributed by atoms with Gasteiger partial charge in [0.1, 0.15) is 5.52 Å². The van der Waals surface area contributed by atoms with E-state index >= 15 is 0 Å². The van der Waals surface area contributed by atoms with Crippen LogP contribution in [0.2, 0.25) is 0 Å². The van der Waals surface area contributed by atoms with Crippen molar-refractivity contribution in [2.75, 3.05) is 20.1 Å². The van der Waals surface area contributed by atoms with E-state index in [0.717, 1.165) is 28.7 Å². The van der Waals surface area contributed by atoms with Gasteiger partial charge in [0.2, 0.25) is 0 Å². The third-order valence-electron chi connectivity index (χ3n) is 5.14. The van der Waals surface area contributed by atoms with Crippen molar-refractivity contribution >= 4 is 16.6 Å². The molecular formula is C21H24N4. The Morgan fingerprint density at radius 2 is 2.00 bits per heavy atom. The molecule has 128 valence electrons. The Balaban J connectivity index is 1.65. The van der Waals surface area contributed by atoms with Crippen LogP contribution in [0.15, 0.2) is 55.2 Å². The molecule has 2 aromatic carbocycles. The molecule has 25 heavy (non-hydrogen) atoms. The lowest BCUT2D eigenvalue weighted by molar-refractivity contribution is 0.251. The number of likely N-dealkylation sites (tertiary alicyclic amines) is 1. The molecule has 3 aromatic rings. The predicted molar refractivity (Wildman–Crippen MR) is 104 cm³/mol. The third kappa shape index (κ3) is 3.05. The first-order valence-electron chi connectivity index (χ1n) is 8.84. The molecule has 1 fully saturated rings. The number of likely N-dealkylation sites (N-methyl/N-ethyl adjacent to an activating group) is 1. The van der Waals surface area contributed by atoms with Crippen LogP contribution < -0.4 is 5.73 Å². The highest BCUT2D eigenvalue weighted by Gasteiger charge is 2.18. The van der Waals surface area contributed by atoms with E-state index in [1.165, 1.54) is 24.9 Å². The first-order chi connectivity index (χ1) is 12.1. The zero-order valence-corrected chi connectivity index (χ0v) is 14.7. The molecule has 1 unspecified atom stereocenters. The van der Waals surface area contributed by atoms with E-state index < -0.39 is 0 Å². The monoisotopic (exact) mass is 332 g/mol. The SMILES string of the molecule is C=C(N)c1cccc2cn(-c3ccc(C4CCCN(C)C4)cc3)nc12. The van der Waals surface area contributed by atoms with Gasteiger partial charge in [-0.05, 0) is 50.0 Å². The molecule has 1 saturated heterocycles. The van der Waals surface area contributed by atoms with Gasteiger partial charge < -0.3 is 10.6 Å². The number of benzene rings is 2. The van der Waals surface area contributed by atoms with Crippen molar-refractivity contribution in [3.8, 4) is 5.69 Å². The van der Waals surface area contributed by atoms with Gasteiger partial charge in [0.15, 0.2) is 0 Å². The van der Waals surface area contributed by atoms with Gasteiger partial charge in [-0.15, -0.1) is 0 Å². The van der Waals surface area contributed by atoms with Crippen LogP contribution >= 0.6 is 0 Å². The number of piperidine rings is 1. The van der Waals surface area contributed by atoms with Gasteiger partial charge >= 0.3 is 0 Å². The standard InChI is InChI=1S/C21H24N4/c1-15(22)20-7-3-5-18-14-25(23-21(18)20)19-10-8-16(9-11-19)17-6-4-12-24(2)13-17/h3,5,7-11,14,17H,1,4,6,12-13,22H2,2H3. The second kappa shape index (κ2) is 6.37. The highest BCUT2D eigenvalue weighted by atomic mass is 15.3. The van der Waals surface area contributed by atoms with Crippen molar-refractivity contribution in [1.29, 1.82) is 0 Å². The second-order valence-electron chi connectivity index (χ2n) is 7.04. The first kappa shape index (κ1) is 15.9. The van der Waals surface area contributed by atoms with Crippen molar-refractivity contribution in [3.05, 3.63) is 66.4 Å². The number of rotatable bonds is 3. The molecule has 0 saturated carbocycles. The van der Waals surface area contributed by atoms with E-state index in [4.69, 9.17) is 10.8 Å². The molecule has 4 rings (SSSR count). The van der Waals surface area contributed by atoms with E-state index in [0.29, 0.717) is 11.6 Å². The summed E-state index contributed by atoms with van der Waals surface area (Å²) in [5, 5.41) is 5.80. The van der Waals surface area contributed by atoms with Crippen molar-refractivity contribution < 1.29 is 0 Å². The molecule has 1 aromatic heterocycles. The number of hydrogen-bond donors (Lipinski definition) is 1. The molecule has 1 aliphatic rings. The molecule has 1 atom stereocenters. The minimum absolute atomic E-state index is 0.549. The average molecular weight is 332 g/mol. The van der Waals surface area contributed by atoms with Gasteiger partial charge in [-0.25, -0.2) is 4.68 Å². The zero-order valence-electron chi connectivity index (χ0n) is 14.7. The maximum Gasteiger partial charge on any atom is 0.102 e. The minimum atomic E-state index is 0.549. The largest absolute Gasteiger partial charge is 0.399 e. The Bertz CT molecular complexity index is 907.